The van der Waals surface area contributed by atoms with Gasteiger partial charge in [-0.2, -0.15) is 0 Å². The van der Waals surface area contributed by atoms with Crippen LogP contribution in [-0.2, 0) is 4.43 Å². The van der Waals surface area contributed by atoms with Crippen molar-refractivity contribution in [3.63, 3.8) is 0 Å². The summed E-state index contributed by atoms with van der Waals surface area (Å²) < 4.78 is 7.38. The van der Waals surface area contributed by atoms with Crippen molar-refractivity contribution in [2.75, 3.05) is 13.2 Å². The predicted octanol–water partition coefficient (Wildman–Crippen LogP) is 4.11. The van der Waals surface area contributed by atoms with Crippen LogP contribution in [0.3, 0.4) is 0 Å². The number of hydrogen-bond donors (Lipinski definition) is 1. The Morgan fingerprint density at radius 1 is 1.10 bits per heavy atom. The van der Waals surface area contributed by atoms with Gasteiger partial charge in [-0.05, 0) is 41.6 Å². The first kappa shape index (κ1) is 22.5. The highest BCUT2D eigenvalue weighted by Crippen LogP contribution is 2.46. The largest absolute Gasteiger partial charge is 0.403 e. The normalized spacial score (nSPS) is 25.6. The maximum Gasteiger partial charge on any atom is 0.261 e. The topological polar surface area (TPSA) is 32.7 Å². The van der Waals surface area contributed by atoms with Crippen molar-refractivity contribution in [3.8, 4) is 0 Å². The van der Waals surface area contributed by atoms with E-state index in [1.165, 1.54) is 15.9 Å². The van der Waals surface area contributed by atoms with Crippen molar-refractivity contribution in [2.24, 2.45) is 0 Å². The molecule has 0 radical (unpaired) electrons. The lowest BCUT2D eigenvalue weighted by atomic mass is 9.94. The smallest absolute Gasteiger partial charge is 0.261 e. The van der Waals surface area contributed by atoms with E-state index < -0.39 is 8.32 Å². The van der Waals surface area contributed by atoms with Gasteiger partial charge < -0.3 is 9.53 Å². The lowest BCUT2D eigenvalue weighted by molar-refractivity contribution is 0.0353. The molecule has 0 aliphatic carbocycles. The van der Waals surface area contributed by atoms with Crippen LogP contribution in [0, 0.1) is 0 Å². The van der Waals surface area contributed by atoms with E-state index in [1.54, 1.807) is 0 Å². The summed E-state index contributed by atoms with van der Waals surface area (Å²) in [5.74, 6) is 0. The van der Waals surface area contributed by atoms with Gasteiger partial charge in [-0.15, -0.1) is 0 Å². The second-order valence-corrected chi connectivity index (χ2v) is 14.8. The Morgan fingerprint density at radius 3 is 2.13 bits per heavy atom. The SMILES string of the molecule is C=C1CN2[C@H](C(C)O[Si](c3ccccc3)(c3ccccc3)C(C)(C)C)CC[C@@]2(CO)C1. The van der Waals surface area contributed by atoms with Crippen molar-refractivity contribution in [3.05, 3.63) is 72.8 Å². The Kier molecular flexibility index (Phi) is 6.03. The molecule has 2 aromatic rings. The van der Waals surface area contributed by atoms with Crippen molar-refractivity contribution in [1.82, 2.24) is 4.90 Å². The van der Waals surface area contributed by atoms with Gasteiger partial charge >= 0.3 is 0 Å². The van der Waals surface area contributed by atoms with Crippen LogP contribution in [0.25, 0.3) is 0 Å². The van der Waals surface area contributed by atoms with Crippen LogP contribution in [0.5, 0.6) is 0 Å². The third kappa shape index (κ3) is 3.74. The lowest BCUT2D eigenvalue weighted by Gasteiger charge is -2.46. The molecule has 166 valence electrons. The fourth-order valence-electron chi connectivity index (χ4n) is 6.07. The standard InChI is InChI=1S/C27H37NO2Si/c1-21-18-27(20-29)17-16-25(28(27)19-21)22(2)30-31(26(3,4)5,23-12-8-6-9-13-23)24-14-10-7-11-15-24/h6-15,22,25,29H,1,16-20H2,2-5H3/t22?,25-,27-/m0/s1. The Hall–Kier alpha value is -1.72. The first-order valence-electron chi connectivity index (χ1n) is 11.6. The van der Waals surface area contributed by atoms with Gasteiger partial charge in [0.05, 0.1) is 12.7 Å². The number of nitrogens with zero attached hydrogens (tertiary/aromatic N) is 1. The first-order chi connectivity index (χ1) is 14.7. The van der Waals surface area contributed by atoms with Gasteiger partial charge in [-0.1, -0.05) is 93.6 Å². The third-order valence-electron chi connectivity index (χ3n) is 7.50. The summed E-state index contributed by atoms with van der Waals surface area (Å²) in [5.41, 5.74) is 1.10. The molecule has 0 saturated carbocycles. The van der Waals surface area contributed by atoms with Crippen LogP contribution < -0.4 is 10.4 Å². The summed E-state index contributed by atoms with van der Waals surface area (Å²) in [5, 5.41) is 12.8. The molecule has 31 heavy (non-hydrogen) atoms. The fourth-order valence-corrected chi connectivity index (χ4v) is 10.8. The molecule has 3 nitrogen and oxygen atoms in total. The maximum absolute atomic E-state index is 10.2. The maximum atomic E-state index is 10.2. The van der Waals surface area contributed by atoms with E-state index in [2.05, 4.69) is 99.8 Å². The Bertz CT molecular complexity index is 868. The van der Waals surface area contributed by atoms with Crippen molar-refractivity contribution in [2.45, 2.75) is 69.7 Å². The Morgan fingerprint density at radius 2 is 1.65 bits per heavy atom. The van der Waals surface area contributed by atoms with E-state index in [4.69, 9.17) is 4.43 Å². The van der Waals surface area contributed by atoms with Crippen LogP contribution in [0.1, 0.15) is 47.0 Å². The quantitative estimate of drug-likeness (QED) is 0.548. The van der Waals surface area contributed by atoms with Crippen LogP contribution in [0.2, 0.25) is 5.04 Å². The van der Waals surface area contributed by atoms with Gasteiger partial charge in [0.1, 0.15) is 0 Å². The second-order valence-electron chi connectivity index (χ2n) is 10.5. The molecule has 1 unspecified atom stereocenters. The van der Waals surface area contributed by atoms with Gasteiger partial charge in [0.25, 0.3) is 8.32 Å². The van der Waals surface area contributed by atoms with Gasteiger partial charge in [0.2, 0.25) is 0 Å². The summed E-state index contributed by atoms with van der Waals surface area (Å²) in [6, 6.07) is 22.0. The van der Waals surface area contributed by atoms with Crippen molar-refractivity contribution in [1.29, 1.82) is 0 Å². The van der Waals surface area contributed by atoms with Crippen LogP contribution in [-0.4, -0.2) is 49.2 Å². The number of hydrogen-bond acceptors (Lipinski definition) is 3. The number of benzene rings is 2. The zero-order valence-electron chi connectivity index (χ0n) is 19.5. The van der Waals surface area contributed by atoms with Crippen molar-refractivity contribution >= 4 is 18.7 Å². The zero-order valence-corrected chi connectivity index (χ0v) is 20.5. The first-order valence-corrected chi connectivity index (χ1v) is 13.5. The number of fused-ring (bicyclic) bond motifs is 1. The molecular formula is C27H37NO2Si. The third-order valence-corrected chi connectivity index (χ3v) is 12.6. The summed E-state index contributed by atoms with van der Waals surface area (Å²) in [6.45, 7) is 14.6. The number of aliphatic hydroxyl groups is 1. The summed E-state index contributed by atoms with van der Waals surface area (Å²) in [7, 11) is -2.59. The highest BCUT2D eigenvalue weighted by molar-refractivity contribution is 6.99. The molecule has 2 aliphatic rings. The predicted molar refractivity (Wildman–Crippen MR) is 131 cm³/mol. The molecule has 2 fully saturated rings. The number of rotatable bonds is 6. The Balaban J connectivity index is 1.76. The molecule has 0 amide bonds. The van der Waals surface area contributed by atoms with Gasteiger partial charge in [-0.3, -0.25) is 4.90 Å². The highest BCUT2D eigenvalue weighted by Gasteiger charge is 2.55. The summed E-state index contributed by atoms with van der Waals surface area (Å²) in [6.07, 6.45) is 3.05. The monoisotopic (exact) mass is 435 g/mol. The van der Waals surface area contributed by atoms with E-state index >= 15 is 0 Å². The van der Waals surface area contributed by atoms with E-state index in [9.17, 15) is 5.11 Å². The summed E-state index contributed by atoms with van der Waals surface area (Å²) >= 11 is 0. The van der Waals surface area contributed by atoms with E-state index in [0.29, 0.717) is 6.04 Å². The zero-order chi connectivity index (χ0) is 22.3. The van der Waals surface area contributed by atoms with Gasteiger partial charge in [0, 0.05) is 18.1 Å². The number of aliphatic hydroxyl groups excluding tert-OH is 1. The molecule has 2 heterocycles. The minimum absolute atomic E-state index is 0.0365. The van der Waals surface area contributed by atoms with Crippen molar-refractivity contribution < 1.29 is 9.53 Å². The van der Waals surface area contributed by atoms with Crippen LogP contribution >= 0.6 is 0 Å². The van der Waals surface area contributed by atoms with Gasteiger partial charge in [0.15, 0.2) is 0 Å². The molecule has 2 aliphatic heterocycles. The minimum Gasteiger partial charge on any atom is -0.403 e. The average molecular weight is 436 g/mol. The molecule has 0 spiro atoms. The van der Waals surface area contributed by atoms with E-state index in [-0.39, 0.29) is 23.3 Å². The molecule has 4 heteroatoms. The van der Waals surface area contributed by atoms with E-state index in [1.807, 2.05) is 0 Å². The second kappa shape index (κ2) is 8.32. The summed E-state index contributed by atoms with van der Waals surface area (Å²) in [4.78, 5) is 2.50. The molecule has 1 N–H and O–H groups in total. The van der Waals surface area contributed by atoms with Crippen LogP contribution in [0.4, 0.5) is 0 Å². The molecule has 3 atom stereocenters. The molecule has 2 aromatic carbocycles. The molecule has 4 rings (SSSR count). The Labute approximate surface area is 188 Å². The highest BCUT2D eigenvalue weighted by atomic mass is 28.4. The van der Waals surface area contributed by atoms with E-state index in [0.717, 1.165) is 25.8 Å². The fraction of sp³-hybridized carbons (Fsp3) is 0.481. The molecule has 0 aromatic heterocycles. The lowest BCUT2D eigenvalue weighted by Crippen LogP contribution is -2.68. The molecule has 0 bridgehead atoms. The van der Waals surface area contributed by atoms with Crippen LogP contribution in [0.15, 0.2) is 72.8 Å². The minimum atomic E-state index is -2.59. The average Bonchev–Trinajstić information content (AvgIpc) is 3.26. The molecular weight excluding hydrogens is 398 g/mol. The molecule has 2 saturated heterocycles. The van der Waals surface area contributed by atoms with Gasteiger partial charge in [-0.25, -0.2) is 0 Å².